The zero-order chi connectivity index (χ0) is 18.1. The molecule has 0 aromatic rings. The molecule has 0 rings (SSSR count). The van der Waals surface area contributed by atoms with Crippen LogP contribution in [0.5, 0.6) is 0 Å². The van der Waals surface area contributed by atoms with Crippen LogP contribution in [0, 0.1) is 0 Å². The number of hydrogen-bond acceptors (Lipinski definition) is 2. The number of aliphatic hydroxyl groups is 1. The summed E-state index contributed by atoms with van der Waals surface area (Å²) < 4.78 is 0. The Hall–Kier alpha value is -0.830. The quantitative estimate of drug-likeness (QED) is 0.243. The van der Waals surface area contributed by atoms with Crippen molar-refractivity contribution in [3.05, 3.63) is 12.2 Å². The molecule has 0 spiro atoms. The molecular weight excluding hydrogens is 300 g/mol. The van der Waals surface area contributed by atoms with Crippen molar-refractivity contribution >= 4 is 5.97 Å². The van der Waals surface area contributed by atoms with Gasteiger partial charge < -0.3 is 10.2 Å². The van der Waals surface area contributed by atoms with Crippen LogP contribution in [0.25, 0.3) is 0 Å². The number of carboxylic acids is 1. The predicted octanol–water partition coefficient (Wildman–Crippen LogP) is 6.25. The number of allylic oxidation sites excluding steroid dienone is 2. The molecule has 3 heteroatoms. The summed E-state index contributed by atoms with van der Waals surface area (Å²) in [6.07, 6.45) is 20.2. The molecule has 2 N–H and O–H groups in total. The van der Waals surface area contributed by atoms with Gasteiger partial charge in [-0.15, -0.1) is 0 Å². The van der Waals surface area contributed by atoms with Crippen LogP contribution in [0.2, 0.25) is 0 Å². The Morgan fingerprint density at radius 3 is 1.83 bits per heavy atom. The molecule has 0 aliphatic carbocycles. The lowest BCUT2D eigenvalue weighted by Crippen LogP contribution is -2.23. The minimum atomic E-state index is -0.675. The summed E-state index contributed by atoms with van der Waals surface area (Å²) in [6.45, 7) is 4.10. The SMILES string of the molecule is CC/C=C\CCC(C)(O)CCCCCCCCCCCCC(=O)O. The van der Waals surface area contributed by atoms with E-state index in [1.165, 1.54) is 44.9 Å². The number of aliphatic carboxylic acids is 1. The van der Waals surface area contributed by atoms with E-state index in [0.717, 1.165) is 44.9 Å². The Morgan fingerprint density at radius 2 is 1.33 bits per heavy atom. The van der Waals surface area contributed by atoms with Crippen LogP contribution >= 0.6 is 0 Å². The molecule has 3 nitrogen and oxygen atoms in total. The summed E-state index contributed by atoms with van der Waals surface area (Å²) in [6, 6.07) is 0. The summed E-state index contributed by atoms with van der Waals surface area (Å²) in [5.74, 6) is -0.675. The first-order valence-corrected chi connectivity index (χ1v) is 10.1. The molecule has 0 fully saturated rings. The van der Waals surface area contributed by atoms with E-state index < -0.39 is 11.6 Å². The molecule has 0 aromatic carbocycles. The molecular formula is C21H40O3. The molecule has 1 atom stereocenters. The van der Waals surface area contributed by atoms with Crippen molar-refractivity contribution in [2.45, 2.75) is 116 Å². The third-order valence-corrected chi connectivity index (χ3v) is 4.61. The summed E-state index contributed by atoms with van der Waals surface area (Å²) in [5, 5.41) is 18.9. The van der Waals surface area contributed by atoms with Crippen molar-refractivity contribution in [2.24, 2.45) is 0 Å². The Bertz CT molecular complexity index is 321. The van der Waals surface area contributed by atoms with E-state index in [0.29, 0.717) is 6.42 Å². The normalized spacial score (nSPS) is 14.1. The van der Waals surface area contributed by atoms with Crippen LogP contribution in [-0.4, -0.2) is 21.8 Å². The largest absolute Gasteiger partial charge is 0.481 e. The maximum absolute atomic E-state index is 10.4. The van der Waals surface area contributed by atoms with E-state index in [1.54, 1.807) is 0 Å². The van der Waals surface area contributed by atoms with Crippen molar-refractivity contribution in [1.29, 1.82) is 0 Å². The lowest BCUT2D eigenvalue weighted by atomic mass is 9.92. The summed E-state index contributed by atoms with van der Waals surface area (Å²) >= 11 is 0. The van der Waals surface area contributed by atoms with Gasteiger partial charge in [0.1, 0.15) is 0 Å². The highest BCUT2D eigenvalue weighted by Crippen LogP contribution is 2.21. The zero-order valence-electron chi connectivity index (χ0n) is 16.1. The highest BCUT2D eigenvalue weighted by atomic mass is 16.4. The number of hydrogen-bond donors (Lipinski definition) is 2. The van der Waals surface area contributed by atoms with Crippen LogP contribution in [0.1, 0.15) is 110 Å². The van der Waals surface area contributed by atoms with Crippen molar-refractivity contribution < 1.29 is 15.0 Å². The molecule has 0 heterocycles. The summed E-state index contributed by atoms with van der Waals surface area (Å²) in [5.41, 5.74) is -0.506. The topological polar surface area (TPSA) is 57.5 Å². The third-order valence-electron chi connectivity index (χ3n) is 4.61. The number of carboxylic acid groups (broad SMARTS) is 1. The van der Waals surface area contributed by atoms with E-state index in [2.05, 4.69) is 19.1 Å². The first-order valence-electron chi connectivity index (χ1n) is 10.1. The molecule has 0 aromatic heterocycles. The minimum absolute atomic E-state index is 0.318. The second-order valence-corrected chi connectivity index (χ2v) is 7.34. The fourth-order valence-corrected chi connectivity index (χ4v) is 3.00. The van der Waals surface area contributed by atoms with Gasteiger partial charge in [-0.25, -0.2) is 0 Å². The predicted molar refractivity (Wildman–Crippen MR) is 102 cm³/mol. The molecule has 0 bridgehead atoms. The molecule has 0 saturated carbocycles. The van der Waals surface area contributed by atoms with E-state index in [9.17, 15) is 9.90 Å². The van der Waals surface area contributed by atoms with Gasteiger partial charge in [-0.1, -0.05) is 76.9 Å². The molecule has 0 saturated heterocycles. The smallest absolute Gasteiger partial charge is 0.303 e. The number of unbranched alkanes of at least 4 members (excludes halogenated alkanes) is 9. The Balaban J connectivity index is 3.32. The van der Waals surface area contributed by atoms with Gasteiger partial charge in [-0.3, -0.25) is 4.79 Å². The van der Waals surface area contributed by atoms with Crippen molar-refractivity contribution in [2.75, 3.05) is 0 Å². The molecule has 24 heavy (non-hydrogen) atoms. The summed E-state index contributed by atoms with van der Waals surface area (Å²) in [7, 11) is 0. The van der Waals surface area contributed by atoms with Gasteiger partial charge in [0.2, 0.25) is 0 Å². The molecule has 0 aliphatic heterocycles. The van der Waals surface area contributed by atoms with Gasteiger partial charge in [-0.2, -0.15) is 0 Å². The van der Waals surface area contributed by atoms with Crippen LogP contribution < -0.4 is 0 Å². The lowest BCUT2D eigenvalue weighted by Gasteiger charge is -2.22. The summed E-state index contributed by atoms with van der Waals surface area (Å²) in [4.78, 5) is 10.4. The third kappa shape index (κ3) is 17.5. The van der Waals surface area contributed by atoms with E-state index in [4.69, 9.17) is 5.11 Å². The van der Waals surface area contributed by atoms with Gasteiger partial charge in [0.15, 0.2) is 0 Å². The highest BCUT2D eigenvalue weighted by Gasteiger charge is 2.18. The highest BCUT2D eigenvalue weighted by molar-refractivity contribution is 5.66. The Kier molecular flexibility index (Phi) is 15.1. The van der Waals surface area contributed by atoms with Crippen LogP contribution in [0.4, 0.5) is 0 Å². The van der Waals surface area contributed by atoms with Gasteiger partial charge in [0, 0.05) is 6.42 Å². The van der Waals surface area contributed by atoms with Gasteiger partial charge in [0.25, 0.3) is 0 Å². The van der Waals surface area contributed by atoms with Crippen molar-refractivity contribution in [3.63, 3.8) is 0 Å². The maximum atomic E-state index is 10.4. The zero-order valence-corrected chi connectivity index (χ0v) is 16.1. The standard InChI is InChI=1S/C21H40O3/c1-3-4-5-15-18-21(2,24)19-16-13-11-9-7-6-8-10-12-14-17-20(22)23/h4-5,24H,3,6-19H2,1-2H3,(H,22,23)/b5-4-. The monoisotopic (exact) mass is 340 g/mol. The second kappa shape index (κ2) is 15.7. The fraction of sp³-hybridized carbons (Fsp3) is 0.857. The Labute approximate surface area is 149 Å². The second-order valence-electron chi connectivity index (χ2n) is 7.34. The lowest BCUT2D eigenvalue weighted by molar-refractivity contribution is -0.137. The molecule has 0 radical (unpaired) electrons. The fourth-order valence-electron chi connectivity index (χ4n) is 3.00. The van der Waals surface area contributed by atoms with Crippen LogP contribution in [0.15, 0.2) is 12.2 Å². The average Bonchev–Trinajstić information content (AvgIpc) is 2.52. The van der Waals surface area contributed by atoms with Crippen molar-refractivity contribution in [3.8, 4) is 0 Å². The number of rotatable bonds is 17. The van der Waals surface area contributed by atoms with Crippen LogP contribution in [-0.2, 0) is 4.79 Å². The van der Waals surface area contributed by atoms with E-state index >= 15 is 0 Å². The number of carbonyl (C=O) groups is 1. The van der Waals surface area contributed by atoms with Crippen molar-refractivity contribution in [1.82, 2.24) is 0 Å². The minimum Gasteiger partial charge on any atom is -0.481 e. The van der Waals surface area contributed by atoms with Gasteiger partial charge in [0.05, 0.1) is 5.60 Å². The van der Waals surface area contributed by atoms with Gasteiger partial charge >= 0.3 is 5.97 Å². The van der Waals surface area contributed by atoms with Gasteiger partial charge in [-0.05, 0) is 39.0 Å². The maximum Gasteiger partial charge on any atom is 0.303 e. The average molecular weight is 341 g/mol. The first kappa shape index (κ1) is 23.2. The van der Waals surface area contributed by atoms with Crippen LogP contribution in [0.3, 0.4) is 0 Å². The molecule has 142 valence electrons. The Morgan fingerprint density at radius 1 is 0.833 bits per heavy atom. The van der Waals surface area contributed by atoms with E-state index in [1.807, 2.05) is 6.92 Å². The first-order chi connectivity index (χ1) is 11.5. The molecule has 0 amide bonds. The van der Waals surface area contributed by atoms with E-state index in [-0.39, 0.29) is 0 Å². The molecule has 1 unspecified atom stereocenters. The molecule has 0 aliphatic rings.